The SMILES string of the molecule is Cc1noc(C)c1CSc1nc(=O)[nH]c(C)c1C(=O)O. The Morgan fingerprint density at radius 3 is 2.65 bits per heavy atom. The molecule has 106 valence electrons. The Morgan fingerprint density at radius 2 is 2.10 bits per heavy atom. The van der Waals surface area contributed by atoms with E-state index in [2.05, 4.69) is 15.1 Å². The fourth-order valence-electron chi connectivity index (χ4n) is 1.76. The summed E-state index contributed by atoms with van der Waals surface area (Å²) in [7, 11) is 0. The molecule has 0 aliphatic carbocycles. The standard InChI is InChI=1S/C12H13N3O4S/c1-5-8(7(3)19-15-5)4-20-10-9(11(16)17)6(2)13-12(18)14-10/h4H2,1-3H3,(H,16,17)(H,13,14,18). The van der Waals surface area contributed by atoms with Crippen LogP contribution in [0.2, 0.25) is 0 Å². The van der Waals surface area contributed by atoms with Gasteiger partial charge in [0, 0.05) is 17.0 Å². The smallest absolute Gasteiger partial charge is 0.346 e. The molecule has 0 aromatic carbocycles. The van der Waals surface area contributed by atoms with Gasteiger partial charge in [0.15, 0.2) is 0 Å². The molecule has 0 amide bonds. The summed E-state index contributed by atoms with van der Waals surface area (Å²) < 4.78 is 5.04. The molecule has 0 saturated carbocycles. The third-order valence-corrected chi connectivity index (χ3v) is 3.84. The minimum atomic E-state index is -1.12. The van der Waals surface area contributed by atoms with Crippen molar-refractivity contribution in [2.45, 2.75) is 31.6 Å². The highest BCUT2D eigenvalue weighted by atomic mass is 32.2. The number of aromatic nitrogens is 3. The predicted octanol–water partition coefficient (Wildman–Crippen LogP) is 1.67. The van der Waals surface area contributed by atoms with Gasteiger partial charge < -0.3 is 14.6 Å². The predicted molar refractivity (Wildman–Crippen MR) is 72.1 cm³/mol. The Morgan fingerprint density at radius 1 is 1.40 bits per heavy atom. The molecule has 0 radical (unpaired) electrons. The van der Waals surface area contributed by atoms with Crippen LogP contribution < -0.4 is 5.69 Å². The number of aryl methyl sites for hydroxylation is 3. The summed E-state index contributed by atoms with van der Waals surface area (Å²) in [6.45, 7) is 5.12. The minimum absolute atomic E-state index is 0.0151. The second-order valence-electron chi connectivity index (χ2n) is 4.24. The number of thioether (sulfide) groups is 1. The molecular formula is C12H13N3O4S. The largest absolute Gasteiger partial charge is 0.478 e. The van der Waals surface area contributed by atoms with E-state index >= 15 is 0 Å². The van der Waals surface area contributed by atoms with Crippen molar-refractivity contribution in [1.29, 1.82) is 0 Å². The normalized spacial score (nSPS) is 10.8. The second kappa shape index (κ2) is 5.49. The molecule has 0 bridgehead atoms. The molecule has 0 fully saturated rings. The Bertz CT molecular complexity index is 700. The van der Waals surface area contributed by atoms with Gasteiger partial charge in [-0.1, -0.05) is 5.16 Å². The third-order valence-electron chi connectivity index (χ3n) is 2.83. The first-order chi connectivity index (χ1) is 9.40. The number of nitrogens with zero attached hydrogens (tertiary/aromatic N) is 2. The van der Waals surface area contributed by atoms with Gasteiger partial charge in [-0.05, 0) is 20.8 Å². The first-order valence-corrected chi connectivity index (χ1v) is 6.77. The summed E-state index contributed by atoms with van der Waals surface area (Å²) in [4.78, 5) is 28.7. The van der Waals surface area contributed by atoms with E-state index in [1.165, 1.54) is 18.7 Å². The molecular weight excluding hydrogens is 282 g/mol. The van der Waals surface area contributed by atoms with Crippen LogP contribution in [0.1, 0.15) is 33.1 Å². The number of aromatic carboxylic acids is 1. The average molecular weight is 295 g/mol. The van der Waals surface area contributed by atoms with Crippen LogP contribution in [0.15, 0.2) is 14.3 Å². The van der Waals surface area contributed by atoms with Crippen LogP contribution >= 0.6 is 11.8 Å². The molecule has 20 heavy (non-hydrogen) atoms. The molecule has 8 heteroatoms. The zero-order valence-corrected chi connectivity index (χ0v) is 12.0. The lowest BCUT2D eigenvalue weighted by Gasteiger charge is -2.06. The molecule has 2 N–H and O–H groups in total. The van der Waals surface area contributed by atoms with Crippen LogP contribution in [0.5, 0.6) is 0 Å². The minimum Gasteiger partial charge on any atom is -0.478 e. The van der Waals surface area contributed by atoms with Crippen molar-refractivity contribution in [2.75, 3.05) is 0 Å². The summed E-state index contributed by atoms with van der Waals surface area (Å²) in [5.74, 6) is -0.00176. The van der Waals surface area contributed by atoms with Crippen molar-refractivity contribution in [2.24, 2.45) is 0 Å². The fourth-order valence-corrected chi connectivity index (χ4v) is 2.99. The van der Waals surface area contributed by atoms with Crippen molar-refractivity contribution >= 4 is 17.7 Å². The van der Waals surface area contributed by atoms with Crippen molar-refractivity contribution < 1.29 is 14.4 Å². The van der Waals surface area contributed by atoms with Gasteiger partial charge in [0.25, 0.3) is 0 Å². The summed E-state index contributed by atoms with van der Waals surface area (Å²) in [6.07, 6.45) is 0. The molecule has 0 atom stereocenters. The van der Waals surface area contributed by atoms with Crippen LogP contribution in [0, 0.1) is 20.8 Å². The zero-order chi connectivity index (χ0) is 14.9. The Balaban J connectivity index is 2.34. The summed E-state index contributed by atoms with van der Waals surface area (Å²) >= 11 is 1.18. The molecule has 0 aliphatic heterocycles. The van der Waals surface area contributed by atoms with E-state index in [1.807, 2.05) is 0 Å². The lowest BCUT2D eigenvalue weighted by molar-refractivity contribution is 0.0690. The second-order valence-corrected chi connectivity index (χ2v) is 5.21. The summed E-state index contributed by atoms with van der Waals surface area (Å²) in [5, 5.41) is 13.2. The van der Waals surface area contributed by atoms with E-state index < -0.39 is 11.7 Å². The van der Waals surface area contributed by atoms with Gasteiger partial charge in [-0.25, -0.2) is 9.59 Å². The molecule has 7 nitrogen and oxygen atoms in total. The number of H-pyrrole nitrogens is 1. The van der Waals surface area contributed by atoms with Crippen LogP contribution in [-0.2, 0) is 5.75 Å². The number of hydrogen-bond acceptors (Lipinski definition) is 6. The maximum atomic E-state index is 11.4. The van der Waals surface area contributed by atoms with E-state index in [9.17, 15) is 14.7 Å². The molecule has 2 rings (SSSR count). The van der Waals surface area contributed by atoms with Gasteiger partial charge >= 0.3 is 11.7 Å². The molecule has 2 aromatic heterocycles. The number of carbonyl (C=O) groups is 1. The van der Waals surface area contributed by atoms with Gasteiger partial charge in [-0.15, -0.1) is 11.8 Å². The van der Waals surface area contributed by atoms with Crippen LogP contribution in [0.25, 0.3) is 0 Å². The summed E-state index contributed by atoms with van der Waals surface area (Å²) in [5.41, 5.74) is 1.37. The Kier molecular flexibility index (Phi) is 3.93. The van der Waals surface area contributed by atoms with Crippen molar-refractivity contribution in [1.82, 2.24) is 15.1 Å². The fraction of sp³-hybridized carbons (Fsp3) is 0.333. The number of carboxylic acid groups (broad SMARTS) is 1. The van der Waals surface area contributed by atoms with E-state index in [-0.39, 0.29) is 10.6 Å². The highest BCUT2D eigenvalue weighted by Gasteiger charge is 2.18. The molecule has 0 saturated heterocycles. The number of aromatic amines is 1. The highest BCUT2D eigenvalue weighted by Crippen LogP contribution is 2.27. The van der Waals surface area contributed by atoms with Crippen molar-refractivity contribution in [3.8, 4) is 0 Å². The van der Waals surface area contributed by atoms with Gasteiger partial charge in [-0.2, -0.15) is 4.98 Å². The first kappa shape index (κ1) is 14.3. The first-order valence-electron chi connectivity index (χ1n) is 5.79. The van der Waals surface area contributed by atoms with E-state index in [4.69, 9.17) is 4.52 Å². The van der Waals surface area contributed by atoms with E-state index in [0.29, 0.717) is 17.2 Å². The molecule has 0 unspecified atom stereocenters. The van der Waals surface area contributed by atoms with Gasteiger partial charge in [0.05, 0.1) is 5.69 Å². The maximum absolute atomic E-state index is 11.4. The number of rotatable bonds is 4. The van der Waals surface area contributed by atoms with Gasteiger partial charge in [0.2, 0.25) is 0 Å². The molecule has 0 aliphatic rings. The molecule has 2 aromatic rings. The maximum Gasteiger partial charge on any atom is 0.346 e. The van der Waals surface area contributed by atoms with Crippen LogP contribution in [-0.4, -0.2) is 26.2 Å². The van der Waals surface area contributed by atoms with Crippen molar-refractivity contribution in [3.05, 3.63) is 38.8 Å². The highest BCUT2D eigenvalue weighted by molar-refractivity contribution is 7.98. The van der Waals surface area contributed by atoms with Crippen LogP contribution in [0.4, 0.5) is 0 Å². The molecule has 2 heterocycles. The Labute approximate surface area is 118 Å². The molecule has 0 spiro atoms. The monoisotopic (exact) mass is 295 g/mol. The zero-order valence-electron chi connectivity index (χ0n) is 11.2. The van der Waals surface area contributed by atoms with Crippen molar-refractivity contribution in [3.63, 3.8) is 0 Å². The quantitative estimate of drug-likeness (QED) is 0.652. The lowest BCUT2D eigenvalue weighted by atomic mass is 10.2. The number of carboxylic acids is 1. The van der Waals surface area contributed by atoms with Crippen LogP contribution in [0.3, 0.4) is 0 Å². The van der Waals surface area contributed by atoms with E-state index in [1.54, 1.807) is 13.8 Å². The average Bonchev–Trinajstić information content (AvgIpc) is 2.65. The topological polar surface area (TPSA) is 109 Å². The Hall–Kier alpha value is -2.09. The lowest BCUT2D eigenvalue weighted by Crippen LogP contribution is -2.18. The third kappa shape index (κ3) is 2.74. The number of hydrogen-bond donors (Lipinski definition) is 2. The summed E-state index contributed by atoms with van der Waals surface area (Å²) in [6, 6.07) is 0. The van der Waals surface area contributed by atoms with Gasteiger partial charge in [0.1, 0.15) is 16.3 Å². The van der Waals surface area contributed by atoms with Gasteiger partial charge in [-0.3, -0.25) is 0 Å². The van der Waals surface area contributed by atoms with E-state index in [0.717, 1.165) is 11.3 Å². The number of nitrogens with one attached hydrogen (secondary N) is 1.